The lowest BCUT2D eigenvalue weighted by Crippen LogP contribution is -2.00. The first-order valence-corrected chi connectivity index (χ1v) is 6.04. The van der Waals surface area contributed by atoms with E-state index in [9.17, 15) is 4.79 Å². The molecule has 0 aliphatic carbocycles. The minimum atomic E-state index is -0.450. The summed E-state index contributed by atoms with van der Waals surface area (Å²) in [4.78, 5) is 11.2. The van der Waals surface area contributed by atoms with Crippen LogP contribution in [0.4, 0.5) is 0 Å². The summed E-state index contributed by atoms with van der Waals surface area (Å²) in [5, 5.41) is -0.450. The van der Waals surface area contributed by atoms with E-state index in [4.69, 9.17) is 16.3 Å². The highest BCUT2D eigenvalue weighted by Crippen LogP contribution is 2.13. The Morgan fingerprint density at radius 1 is 0.944 bits per heavy atom. The molecule has 2 rings (SSSR count). The number of benzene rings is 2. The molecule has 0 unspecified atom stereocenters. The third kappa shape index (κ3) is 3.42. The zero-order chi connectivity index (χ0) is 12.8. The van der Waals surface area contributed by atoms with E-state index in [0.29, 0.717) is 18.8 Å². The number of hydrogen-bond donors (Lipinski definition) is 0. The molecule has 0 aliphatic rings. The third-order valence-electron chi connectivity index (χ3n) is 2.60. The number of ether oxygens (including phenoxy) is 1. The first-order valence-electron chi connectivity index (χ1n) is 5.67. The lowest BCUT2D eigenvalue weighted by Gasteiger charge is -2.07. The molecule has 3 heteroatoms. The van der Waals surface area contributed by atoms with Crippen molar-refractivity contribution in [1.29, 1.82) is 0 Å². The second-order valence-corrected chi connectivity index (χ2v) is 4.25. The second kappa shape index (κ2) is 6.34. The highest BCUT2D eigenvalue weighted by Gasteiger charge is 2.07. The Morgan fingerprint density at radius 2 is 1.61 bits per heavy atom. The molecule has 0 saturated carbocycles. The molecular formula is C15H13ClO2. The van der Waals surface area contributed by atoms with Crippen LogP contribution in [-0.2, 0) is 18.0 Å². The lowest BCUT2D eigenvalue weighted by molar-refractivity contribution is 0.102. The molecule has 92 valence electrons. The molecule has 0 heterocycles. The van der Waals surface area contributed by atoms with Crippen molar-refractivity contribution in [2.75, 3.05) is 0 Å². The quantitative estimate of drug-likeness (QED) is 0.765. The van der Waals surface area contributed by atoms with E-state index < -0.39 is 5.24 Å². The topological polar surface area (TPSA) is 26.3 Å². The van der Waals surface area contributed by atoms with Gasteiger partial charge in [0, 0.05) is 5.56 Å². The van der Waals surface area contributed by atoms with Crippen LogP contribution in [0.3, 0.4) is 0 Å². The van der Waals surface area contributed by atoms with E-state index in [1.165, 1.54) is 0 Å². The monoisotopic (exact) mass is 260 g/mol. The molecule has 0 amide bonds. The molecule has 0 saturated heterocycles. The van der Waals surface area contributed by atoms with Gasteiger partial charge in [-0.05, 0) is 28.8 Å². The molecule has 0 radical (unpaired) electrons. The smallest absolute Gasteiger partial charge is 0.252 e. The van der Waals surface area contributed by atoms with Crippen LogP contribution in [0.2, 0.25) is 0 Å². The molecule has 0 bridgehead atoms. The summed E-state index contributed by atoms with van der Waals surface area (Å²) >= 11 is 5.51. The first-order chi connectivity index (χ1) is 8.77. The van der Waals surface area contributed by atoms with Gasteiger partial charge in [0.2, 0.25) is 0 Å². The molecule has 18 heavy (non-hydrogen) atoms. The van der Waals surface area contributed by atoms with Crippen molar-refractivity contribution in [3.63, 3.8) is 0 Å². The average Bonchev–Trinajstić information content (AvgIpc) is 2.40. The maximum absolute atomic E-state index is 11.2. The highest BCUT2D eigenvalue weighted by atomic mass is 35.5. The summed E-state index contributed by atoms with van der Waals surface area (Å²) in [5.41, 5.74) is 2.42. The zero-order valence-corrected chi connectivity index (χ0v) is 10.6. The van der Waals surface area contributed by atoms with Gasteiger partial charge in [0.25, 0.3) is 5.24 Å². The predicted molar refractivity (Wildman–Crippen MR) is 71.6 cm³/mol. The Kier molecular flexibility index (Phi) is 4.51. The Hall–Kier alpha value is -1.64. The average molecular weight is 261 g/mol. The summed E-state index contributed by atoms with van der Waals surface area (Å²) in [5.74, 6) is 0. The van der Waals surface area contributed by atoms with Crippen molar-refractivity contribution in [3.8, 4) is 0 Å². The van der Waals surface area contributed by atoms with Gasteiger partial charge in [0.1, 0.15) is 0 Å². The van der Waals surface area contributed by atoms with E-state index in [-0.39, 0.29) is 0 Å². The lowest BCUT2D eigenvalue weighted by atomic mass is 10.1. The normalized spacial score (nSPS) is 10.3. The highest BCUT2D eigenvalue weighted by molar-refractivity contribution is 6.67. The van der Waals surface area contributed by atoms with Crippen LogP contribution in [0.15, 0.2) is 54.6 Å². The standard InChI is InChI=1S/C15H13ClO2/c16-15(17)14-9-5-4-8-13(14)11-18-10-12-6-2-1-3-7-12/h1-9H,10-11H2. The van der Waals surface area contributed by atoms with Gasteiger partial charge in [-0.3, -0.25) is 4.79 Å². The van der Waals surface area contributed by atoms with Crippen molar-refractivity contribution in [3.05, 3.63) is 71.3 Å². The van der Waals surface area contributed by atoms with Crippen molar-refractivity contribution in [1.82, 2.24) is 0 Å². The van der Waals surface area contributed by atoms with Gasteiger partial charge in [0.05, 0.1) is 13.2 Å². The molecule has 2 nitrogen and oxygen atoms in total. The number of carbonyl (C=O) groups excluding carboxylic acids is 1. The Morgan fingerprint density at radius 3 is 2.33 bits per heavy atom. The van der Waals surface area contributed by atoms with Crippen molar-refractivity contribution >= 4 is 16.8 Å². The fraction of sp³-hybridized carbons (Fsp3) is 0.133. The van der Waals surface area contributed by atoms with E-state index in [2.05, 4.69) is 0 Å². The van der Waals surface area contributed by atoms with Gasteiger partial charge >= 0.3 is 0 Å². The maximum Gasteiger partial charge on any atom is 0.252 e. The fourth-order valence-corrected chi connectivity index (χ4v) is 1.88. The second-order valence-electron chi connectivity index (χ2n) is 3.91. The maximum atomic E-state index is 11.2. The Bertz CT molecular complexity index is 523. The summed E-state index contributed by atoms with van der Waals surface area (Å²) in [6.45, 7) is 0.898. The molecule has 0 fully saturated rings. The number of carbonyl (C=O) groups is 1. The minimum Gasteiger partial charge on any atom is -0.372 e. The fourth-order valence-electron chi connectivity index (χ4n) is 1.69. The van der Waals surface area contributed by atoms with Crippen LogP contribution in [0.5, 0.6) is 0 Å². The molecular weight excluding hydrogens is 248 g/mol. The van der Waals surface area contributed by atoms with Gasteiger partial charge in [-0.1, -0.05) is 48.5 Å². The van der Waals surface area contributed by atoms with Crippen molar-refractivity contribution in [2.24, 2.45) is 0 Å². The van der Waals surface area contributed by atoms with Gasteiger partial charge in [-0.15, -0.1) is 0 Å². The summed E-state index contributed by atoms with van der Waals surface area (Å²) < 4.78 is 5.59. The molecule has 0 aromatic heterocycles. The SMILES string of the molecule is O=C(Cl)c1ccccc1COCc1ccccc1. The first kappa shape index (κ1) is 12.8. The number of hydrogen-bond acceptors (Lipinski definition) is 2. The van der Waals surface area contributed by atoms with Crippen molar-refractivity contribution in [2.45, 2.75) is 13.2 Å². The molecule has 0 N–H and O–H groups in total. The zero-order valence-electron chi connectivity index (χ0n) is 9.80. The third-order valence-corrected chi connectivity index (χ3v) is 2.80. The van der Waals surface area contributed by atoms with Crippen LogP contribution in [0.25, 0.3) is 0 Å². The number of halogens is 1. The van der Waals surface area contributed by atoms with Gasteiger partial charge in [0.15, 0.2) is 0 Å². The largest absolute Gasteiger partial charge is 0.372 e. The minimum absolute atomic E-state index is 0.378. The number of rotatable bonds is 5. The van der Waals surface area contributed by atoms with E-state index in [0.717, 1.165) is 11.1 Å². The summed E-state index contributed by atoms with van der Waals surface area (Å²) in [6, 6.07) is 17.1. The summed E-state index contributed by atoms with van der Waals surface area (Å²) in [7, 11) is 0. The van der Waals surface area contributed by atoms with Crippen LogP contribution >= 0.6 is 11.6 Å². The van der Waals surface area contributed by atoms with Crippen molar-refractivity contribution < 1.29 is 9.53 Å². The van der Waals surface area contributed by atoms with Gasteiger partial charge in [-0.25, -0.2) is 0 Å². The Labute approximate surface area is 111 Å². The van der Waals surface area contributed by atoms with Gasteiger partial charge in [-0.2, -0.15) is 0 Å². The van der Waals surface area contributed by atoms with E-state index >= 15 is 0 Å². The summed E-state index contributed by atoms with van der Waals surface area (Å²) in [6.07, 6.45) is 0. The molecule has 0 spiro atoms. The molecule has 2 aromatic carbocycles. The van der Waals surface area contributed by atoms with E-state index in [1.807, 2.05) is 42.5 Å². The van der Waals surface area contributed by atoms with Crippen LogP contribution in [-0.4, -0.2) is 5.24 Å². The molecule has 0 aliphatic heterocycles. The van der Waals surface area contributed by atoms with Crippen LogP contribution in [0.1, 0.15) is 21.5 Å². The van der Waals surface area contributed by atoms with Crippen LogP contribution in [0, 0.1) is 0 Å². The predicted octanol–water partition coefficient (Wildman–Crippen LogP) is 3.78. The van der Waals surface area contributed by atoms with Gasteiger partial charge < -0.3 is 4.74 Å². The molecule has 0 atom stereocenters. The Balaban J connectivity index is 1.97. The van der Waals surface area contributed by atoms with E-state index in [1.54, 1.807) is 12.1 Å². The van der Waals surface area contributed by atoms with Crippen LogP contribution < -0.4 is 0 Å². The molecule has 2 aromatic rings.